The molecule has 0 unspecified atom stereocenters. The van der Waals surface area contributed by atoms with Gasteiger partial charge in [-0.15, -0.1) is 0 Å². The molecule has 0 aromatic carbocycles. The zero-order valence-corrected chi connectivity index (χ0v) is 12.5. The first kappa shape index (κ1) is 15.3. The number of rotatable bonds is 6. The van der Waals surface area contributed by atoms with Gasteiger partial charge in [-0.3, -0.25) is 9.59 Å². The van der Waals surface area contributed by atoms with Crippen LogP contribution in [0, 0.1) is 5.41 Å². The van der Waals surface area contributed by atoms with Gasteiger partial charge in [0.25, 0.3) is 0 Å². The Bertz CT molecular complexity index is 406. The molecule has 2 aliphatic carbocycles. The Labute approximate surface area is 119 Å². The zero-order valence-electron chi connectivity index (χ0n) is 12.5. The Balaban J connectivity index is 1.83. The van der Waals surface area contributed by atoms with Gasteiger partial charge in [0.15, 0.2) is 0 Å². The van der Waals surface area contributed by atoms with Crippen LogP contribution in [0.3, 0.4) is 0 Å². The molecule has 114 valence electrons. The molecule has 6 nitrogen and oxygen atoms in total. The second-order valence-corrected chi connectivity index (χ2v) is 6.37. The molecule has 0 aliphatic heterocycles. The molecule has 2 fully saturated rings. The maximum atomic E-state index is 12.2. The molecule has 0 aromatic heterocycles. The van der Waals surface area contributed by atoms with Crippen molar-refractivity contribution >= 4 is 11.8 Å². The van der Waals surface area contributed by atoms with Gasteiger partial charge in [-0.05, 0) is 19.8 Å². The second-order valence-electron chi connectivity index (χ2n) is 6.37. The van der Waals surface area contributed by atoms with Crippen LogP contribution in [0.25, 0.3) is 0 Å². The fraction of sp³-hybridized carbons (Fsp3) is 0.857. The largest absolute Gasteiger partial charge is 0.378 e. The summed E-state index contributed by atoms with van der Waals surface area (Å²) < 4.78 is 5.59. The van der Waals surface area contributed by atoms with Crippen LogP contribution in [0.1, 0.15) is 40.0 Å². The number of hydrogen-bond donors (Lipinski definition) is 3. The predicted molar refractivity (Wildman–Crippen MR) is 74.9 cm³/mol. The summed E-state index contributed by atoms with van der Waals surface area (Å²) in [5.41, 5.74) is 4.82. The minimum absolute atomic E-state index is 0.0103. The monoisotopic (exact) mass is 283 g/mol. The number of carbonyl (C=O) groups excluding carboxylic acids is 2. The van der Waals surface area contributed by atoms with Crippen LogP contribution < -0.4 is 16.4 Å². The summed E-state index contributed by atoms with van der Waals surface area (Å²) in [6.07, 6.45) is 2.54. The summed E-state index contributed by atoms with van der Waals surface area (Å²) in [4.78, 5) is 23.8. The lowest BCUT2D eigenvalue weighted by Crippen LogP contribution is -2.76. The standard InChI is InChI=1S/C14H25N3O3/c1-4-20-10-7-14(15,13(10,2)3)12(19)16-8-11(18)17-9-5-6-9/h9-10H,4-8,15H2,1-3H3,(H,16,19)(H,17,18)/t10-,14+/m0/s1. The first-order valence-electron chi connectivity index (χ1n) is 7.29. The Morgan fingerprint density at radius 2 is 2.00 bits per heavy atom. The first-order valence-corrected chi connectivity index (χ1v) is 7.29. The van der Waals surface area contributed by atoms with Crippen molar-refractivity contribution in [3.63, 3.8) is 0 Å². The lowest BCUT2D eigenvalue weighted by atomic mass is 9.54. The van der Waals surface area contributed by atoms with E-state index in [2.05, 4.69) is 10.6 Å². The van der Waals surface area contributed by atoms with E-state index in [0.717, 1.165) is 12.8 Å². The Morgan fingerprint density at radius 3 is 2.50 bits per heavy atom. The van der Waals surface area contributed by atoms with Crippen molar-refractivity contribution in [3.8, 4) is 0 Å². The van der Waals surface area contributed by atoms with Crippen LogP contribution in [-0.4, -0.2) is 42.7 Å². The summed E-state index contributed by atoms with van der Waals surface area (Å²) in [7, 11) is 0. The quantitative estimate of drug-likeness (QED) is 0.635. The van der Waals surface area contributed by atoms with Gasteiger partial charge >= 0.3 is 0 Å². The van der Waals surface area contributed by atoms with Gasteiger partial charge < -0.3 is 21.1 Å². The molecule has 2 rings (SSSR count). The average Bonchev–Trinajstić information content (AvgIpc) is 3.19. The molecule has 2 amide bonds. The smallest absolute Gasteiger partial charge is 0.241 e. The molecule has 2 saturated carbocycles. The maximum absolute atomic E-state index is 12.2. The fourth-order valence-corrected chi connectivity index (χ4v) is 2.65. The van der Waals surface area contributed by atoms with Crippen LogP contribution in [0.5, 0.6) is 0 Å². The molecule has 6 heteroatoms. The van der Waals surface area contributed by atoms with Crippen LogP contribution in [0.15, 0.2) is 0 Å². The summed E-state index contributed by atoms with van der Waals surface area (Å²) in [6.45, 7) is 6.38. The lowest BCUT2D eigenvalue weighted by Gasteiger charge is -2.57. The summed E-state index contributed by atoms with van der Waals surface area (Å²) in [5, 5.41) is 5.47. The molecule has 0 radical (unpaired) electrons. The van der Waals surface area contributed by atoms with Crippen molar-refractivity contribution in [1.29, 1.82) is 0 Å². The van der Waals surface area contributed by atoms with E-state index in [1.807, 2.05) is 20.8 Å². The van der Waals surface area contributed by atoms with Crippen LogP contribution in [-0.2, 0) is 14.3 Å². The third-order valence-electron chi connectivity index (χ3n) is 4.59. The minimum atomic E-state index is -0.966. The molecule has 0 saturated heterocycles. The highest BCUT2D eigenvalue weighted by atomic mass is 16.5. The average molecular weight is 283 g/mol. The number of carbonyl (C=O) groups is 2. The third kappa shape index (κ3) is 2.67. The highest BCUT2D eigenvalue weighted by molar-refractivity contribution is 5.92. The van der Waals surface area contributed by atoms with Crippen molar-refractivity contribution in [2.24, 2.45) is 11.1 Å². The van der Waals surface area contributed by atoms with Crippen molar-refractivity contribution in [2.75, 3.05) is 13.2 Å². The van der Waals surface area contributed by atoms with E-state index in [9.17, 15) is 9.59 Å². The van der Waals surface area contributed by atoms with Crippen LogP contribution in [0.4, 0.5) is 0 Å². The van der Waals surface area contributed by atoms with E-state index in [0.29, 0.717) is 19.1 Å². The third-order valence-corrected chi connectivity index (χ3v) is 4.59. The van der Waals surface area contributed by atoms with E-state index in [1.165, 1.54) is 0 Å². The summed E-state index contributed by atoms with van der Waals surface area (Å²) in [5.74, 6) is -0.424. The SMILES string of the molecule is CCO[C@H]1C[C@@](N)(C(=O)NCC(=O)NC2CC2)C1(C)C. The number of nitrogens with one attached hydrogen (secondary N) is 2. The number of hydrogen-bond acceptors (Lipinski definition) is 4. The topological polar surface area (TPSA) is 93.4 Å². The molecule has 2 aliphatic rings. The molecule has 0 aromatic rings. The van der Waals surface area contributed by atoms with Crippen molar-refractivity contribution in [3.05, 3.63) is 0 Å². The first-order chi connectivity index (χ1) is 9.31. The number of amides is 2. The molecule has 4 N–H and O–H groups in total. The van der Waals surface area contributed by atoms with Crippen molar-refractivity contribution in [1.82, 2.24) is 10.6 Å². The Hall–Kier alpha value is -1.14. The van der Waals surface area contributed by atoms with Gasteiger partial charge in [0.2, 0.25) is 11.8 Å². The van der Waals surface area contributed by atoms with E-state index >= 15 is 0 Å². The minimum Gasteiger partial charge on any atom is -0.378 e. The van der Waals surface area contributed by atoms with E-state index < -0.39 is 11.0 Å². The second kappa shape index (κ2) is 5.33. The molecular formula is C14H25N3O3. The lowest BCUT2D eigenvalue weighted by molar-refractivity contribution is -0.170. The molecule has 20 heavy (non-hydrogen) atoms. The van der Waals surface area contributed by atoms with Gasteiger partial charge in [0, 0.05) is 24.5 Å². The van der Waals surface area contributed by atoms with Crippen LogP contribution >= 0.6 is 0 Å². The highest BCUT2D eigenvalue weighted by Gasteiger charge is 2.62. The van der Waals surface area contributed by atoms with Crippen molar-refractivity contribution in [2.45, 2.75) is 57.7 Å². The van der Waals surface area contributed by atoms with Crippen molar-refractivity contribution < 1.29 is 14.3 Å². The van der Waals surface area contributed by atoms with Gasteiger partial charge in [-0.1, -0.05) is 13.8 Å². The zero-order chi connectivity index (χ0) is 15.0. The van der Waals surface area contributed by atoms with E-state index in [4.69, 9.17) is 10.5 Å². The molecule has 2 atom stereocenters. The highest BCUT2D eigenvalue weighted by Crippen LogP contribution is 2.49. The molecule has 0 bridgehead atoms. The van der Waals surface area contributed by atoms with Gasteiger partial charge in [0.1, 0.15) is 5.54 Å². The Kier molecular flexibility index (Phi) is 4.07. The van der Waals surface area contributed by atoms with E-state index in [-0.39, 0.29) is 24.5 Å². The molecule has 0 spiro atoms. The van der Waals surface area contributed by atoms with Gasteiger partial charge in [-0.2, -0.15) is 0 Å². The van der Waals surface area contributed by atoms with E-state index in [1.54, 1.807) is 0 Å². The summed E-state index contributed by atoms with van der Waals surface area (Å²) in [6, 6.07) is 0.300. The molecular weight excluding hydrogens is 258 g/mol. The Morgan fingerprint density at radius 1 is 1.35 bits per heavy atom. The van der Waals surface area contributed by atoms with Gasteiger partial charge in [-0.25, -0.2) is 0 Å². The summed E-state index contributed by atoms with van der Waals surface area (Å²) >= 11 is 0. The van der Waals surface area contributed by atoms with Crippen LogP contribution in [0.2, 0.25) is 0 Å². The normalized spacial score (nSPS) is 31.3. The fourth-order valence-electron chi connectivity index (χ4n) is 2.65. The number of nitrogens with two attached hydrogens (primary N) is 1. The predicted octanol–water partition coefficient (Wildman–Crippen LogP) is -0.0863. The van der Waals surface area contributed by atoms with Gasteiger partial charge in [0.05, 0.1) is 12.6 Å². The maximum Gasteiger partial charge on any atom is 0.241 e. The molecule has 0 heterocycles. The number of ether oxygens (including phenoxy) is 1.